The molecular weight excluding hydrogens is 318 g/mol. The van der Waals surface area contributed by atoms with Crippen LogP contribution in [0.5, 0.6) is 0 Å². The second kappa shape index (κ2) is 6.99. The van der Waals surface area contributed by atoms with E-state index in [4.69, 9.17) is 0 Å². The number of nitriles is 1. The Morgan fingerprint density at radius 2 is 1.76 bits per heavy atom. The maximum atomic E-state index is 12.7. The lowest BCUT2D eigenvalue weighted by Crippen LogP contribution is -2.55. The van der Waals surface area contributed by atoms with Crippen LogP contribution in [0.4, 0.5) is 0 Å². The van der Waals surface area contributed by atoms with E-state index in [9.17, 15) is 19.6 Å². The standard InChI is InChI=1S/C19H29N3O3/c1-12(18(2,3)4)9-13-10-15(23)22(16(24)14(13)11-20)21(8)17(25)19(5,6)7/h12H,9-10H2,1-8H3. The van der Waals surface area contributed by atoms with Crippen LogP contribution in [0.2, 0.25) is 0 Å². The first kappa shape index (κ1) is 20.9. The molecule has 0 aromatic rings. The first-order valence-corrected chi connectivity index (χ1v) is 8.49. The minimum absolute atomic E-state index is 0.00418. The highest BCUT2D eigenvalue weighted by Crippen LogP contribution is 2.35. The van der Waals surface area contributed by atoms with Crippen molar-refractivity contribution < 1.29 is 14.4 Å². The molecule has 0 aromatic carbocycles. The second-order valence-corrected chi connectivity index (χ2v) is 8.83. The lowest BCUT2D eigenvalue weighted by atomic mass is 9.77. The van der Waals surface area contributed by atoms with Crippen molar-refractivity contribution in [1.82, 2.24) is 10.0 Å². The average molecular weight is 347 g/mol. The number of hydrazine groups is 1. The van der Waals surface area contributed by atoms with Gasteiger partial charge in [0.15, 0.2) is 0 Å². The molecular formula is C19H29N3O3. The van der Waals surface area contributed by atoms with Gasteiger partial charge in [0, 0.05) is 12.5 Å². The Morgan fingerprint density at radius 3 is 2.16 bits per heavy atom. The number of rotatable bonds is 3. The van der Waals surface area contributed by atoms with Gasteiger partial charge in [-0.3, -0.25) is 14.4 Å². The van der Waals surface area contributed by atoms with E-state index in [0.717, 1.165) is 10.0 Å². The molecule has 0 N–H and O–H groups in total. The fraction of sp³-hybridized carbons (Fsp3) is 0.684. The summed E-state index contributed by atoms with van der Waals surface area (Å²) in [4.78, 5) is 37.7. The van der Waals surface area contributed by atoms with Crippen molar-refractivity contribution >= 4 is 17.7 Å². The van der Waals surface area contributed by atoms with Gasteiger partial charge >= 0.3 is 0 Å². The third-order valence-corrected chi connectivity index (χ3v) is 4.74. The highest BCUT2D eigenvalue weighted by molar-refractivity contribution is 6.11. The van der Waals surface area contributed by atoms with E-state index >= 15 is 0 Å². The van der Waals surface area contributed by atoms with Gasteiger partial charge in [-0.1, -0.05) is 48.5 Å². The molecule has 1 heterocycles. The topological polar surface area (TPSA) is 81.5 Å². The molecule has 0 aliphatic carbocycles. The molecule has 1 aliphatic rings. The highest BCUT2D eigenvalue weighted by atomic mass is 16.2. The number of imide groups is 1. The molecule has 1 unspecified atom stereocenters. The van der Waals surface area contributed by atoms with Gasteiger partial charge in [-0.2, -0.15) is 10.3 Å². The normalized spacial score (nSPS) is 17.5. The molecule has 3 amide bonds. The predicted molar refractivity (Wildman–Crippen MR) is 94.6 cm³/mol. The molecule has 0 saturated heterocycles. The van der Waals surface area contributed by atoms with E-state index in [1.54, 1.807) is 20.8 Å². The van der Waals surface area contributed by atoms with E-state index in [-0.39, 0.29) is 29.2 Å². The second-order valence-electron chi connectivity index (χ2n) is 8.83. The van der Waals surface area contributed by atoms with Crippen molar-refractivity contribution in [2.24, 2.45) is 16.7 Å². The fourth-order valence-corrected chi connectivity index (χ4v) is 2.57. The van der Waals surface area contributed by atoms with Crippen LogP contribution in [0, 0.1) is 28.1 Å². The number of carbonyl (C=O) groups is 3. The van der Waals surface area contributed by atoms with E-state index in [2.05, 4.69) is 20.8 Å². The molecule has 6 nitrogen and oxygen atoms in total. The van der Waals surface area contributed by atoms with Gasteiger partial charge in [0.2, 0.25) is 5.91 Å². The number of hydrogen-bond acceptors (Lipinski definition) is 4. The first-order chi connectivity index (χ1) is 11.2. The lowest BCUT2D eigenvalue weighted by molar-refractivity contribution is -0.173. The van der Waals surface area contributed by atoms with E-state index < -0.39 is 17.2 Å². The van der Waals surface area contributed by atoms with E-state index in [1.807, 2.05) is 13.0 Å². The number of amides is 3. The fourth-order valence-electron chi connectivity index (χ4n) is 2.57. The van der Waals surface area contributed by atoms with Gasteiger partial charge in [0.1, 0.15) is 11.6 Å². The largest absolute Gasteiger partial charge is 0.290 e. The Bertz CT molecular complexity index is 657. The highest BCUT2D eigenvalue weighted by Gasteiger charge is 2.40. The van der Waals surface area contributed by atoms with Crippen LogP contribution >= 0.6 is 0 Å². The van der Waals surface area contributed by atoms with Gasteiger partial charge in [-0.05, 0) is 23.3 Å². The van der Waals surface area contributed by atoms with Crippen LogP contribution in [0.1, 0.15) is 61.3 Å². The van der Waals surface area contributed by atoms with Gasteiger partial charge < -0.3 is 0 Å². The van der Waals surface area contributed by atoms with E-state index in [0.29, 0.717) is 12.0 Å². The molecule has 1 aliphatic heterocycles. The Kier molecular flexibility index (Phi) is 5.84. The van der Waals surface area contributed by atoms with Gasteiger partial charge in [-0.15, -0.1) is 0 Å². The van der Waals surface area contributed by atoms with Gasteiger partial charge in [0.05, 0.1) is 6.42 Å². The number of carbonyl (C=O) groups excluding carboxylic acids is 3. The zero-order chi connectivity index (χ0) is 19.7. The summed E-state index contributed by atoms with van der Waals surface area (Å²) in [7, 11) is 1.39. The smallest absolute Gasteiger partial charge is 0.272 e. The molecule has 0 spiro atoms. The number of nitrogens with zero attached hydrogens (tertiary/aromatic N) is 3. The molecule has 0 saturated carbocycles. The summed E-state index contributed by atoms with van der Waals surface area (Å²) in [5.41, 5.74) is -0.208. The van der Waals surface area contributed by atoms with Crippen LogP contribution < -0.4 is 0 Å². The molecule has 1 rings (SSSR count). The summed E-state index contributed by atoms with van der Waals surface area (Å²) >= 11 is 0. The molecule has 1 atom stereocenters. The Hall–Kier alpha value is -2.16. The summed E-state index contributed by atoms with van der Waals surface area (Å²) in [6.07, 6.45) is 0.492. The quantitative estimate of drug-likeness (QED) is 0.735. The zero-order valence-corrected chi connectivity index (χ0v) is 16.6. The predicted octanol–water partition coefficient (Wildman–Crippen LogP) is 3.06. The molecule has 6 heteroatoms. The molecule has 0 aromatic heterocycles. The monoisotopic (exact) mass is 347 g/mol. The third-order valence-electron chi connectivity index (χ3n) is 4.74. The van der Waals surface area contributed by atoms with Crippen molar-refractivity contribution in [3.05, 3.63) is 11.1 Å². The van der Waals surface area contributed by atoms with Crippen molar-refractivity contribution in [2.45, 2.75) is 61.3 Å². The van der Waals surface area contributed by atoms with Crippen LogP contribution in [0.15, 0.2) is 11.1 Å². The SMILES string of the molecule is CC(CC1=C(C#N)C(=O)N(N(C)C(=O)C(C)(C)C)C(=O)C1)C(C)(C)C. The summed E-state index contributed by atoms with van der Waals surface area (Å²) in [5, 5.41) is 11.3. The third kappa shape index (κ3) is 4.47. The molecule has 25 heavy (non-hydrogen) atoms. The van der Waals surface area contributed by atoms with Crippen molar-refractivity contribution in [2.75, 3.05) is 7.05 Å². The Balaban J connectivity index is 3.21. The molecule has 0 fully saturated rings. The Morgan fingerprint density at radius 1 is 1.24 bits per heavy atom. The summed E-state index contributed by atoms with van der Waals surface area (Å²) in [6, 6.07) is 1.94. The van der Waals surface area contributed by atoms with Crippen molar-refractivity contribution in [3.8, 4) is 6.07 Å². The number of hydrogen-bond donors (Lipinski definition) is 0. The first-order valence-electron chi connectivity index (χ1n) is 8.49. The minimum Gasteiger partial charge on any atom is -0.272 e. The van der Waals surface area contributed by atoms with Crippen LogP contribution in [-0.2, 0) is 14.4 Å². The van der Waals surface area contributed by atoms with Gasteiger partial charge in [-0.25, -0.2) is 5.01 Å². The van der Waals surface area contributed by atoms with Crippen molar-refractivity contribution in [1.29, 1.82) is 5.26 Å². The Labute approximate surface area is 150 Å². The molecule has 138 valence electrons. The molecule has 0 radical (unpaired) electrons. The maximum Gasteiger partial charge on any atom is 0.290 e. The molecule has 0 bridgehead atoms. The lowest BCUT2D eigenvalue weighted by Gasteiger charge is -2.37. The zero-order valence-electron chi connectivity index (χ0n) is 16.6. The minimum atomic E-state index is -0.743. The van der Waals surface area contributed by atoms with Gasteiger partial charge in [0.25, 0.3) is 11.8 Å². The summed E-state index contributed by atoms with van der Waals surface area (Å²) in [6.45, 7) is 13.4. The summed E-state index contributed by atoms with van der Waals surface area (Å²) in [5.74, 6) is -1.35. The van der Waals surface area contributed by atoms with E-state index in [1.165, 1.54) is 7.05 Å². The van der Waals surface area contributed by atoms with Crippen molar-refractivity contribution in [3.63, 3.8) is 0 Å². The summed E-state index contributed by atoms with van der Waals surface area (Å²) < 4.78 is 0. The average Bonchev–Trinajstić information content (AvgIpc) is 2.44. The van der Waals surface area contributed by atoms with Crippen LogP contribution in [-0.4, -0.2) is 34.8 Å². The maximum absolute atomic E-state index is 12.7. The van der Waals surface area contributed by atoms with Crippen LogP contribution in [0.25, 0.3) is 0 Å². The van der Waals surface area contributed by atoms with Crippen LogP contribution in [0.3, 0.4) is 0 Å².